The Hall–Kier alpha value is -2.28. The van der Waals surface area contributed by atoms with Gasteiger partial charge in [0, 0.05) is 19.0 Å². The van der Waals surface area contributed by atoms with Gasteiger partial charge in [0.25, 0.3) is 5.56 Å². The van der Waals surface area contributed by atoms with Gasteiger partial charge >= 0.3 is 5.69 Å². The molecule has 0 spiro atoms. The van der Waals surface area contributed by atoms with Gasteiger partial charge in [-0.05, 0) is 23.6 Å². The average Bonchev–Trinajstić information content (AvgIpc) is 2.57. The second-order valence-electron chi connectivity index (χ2n) is 5.90. The zero-order valence-electron chi connectivity index (χ0n) is 14.2. The molecule has 24 heavy (non-hydrogen) atoms. The first kappa shape index (κ1) is 18.1. The van der Waals surface area contributed by atoms with E-state index >= 15 is 0 Å². The maximum Gasteiger partial charge on any atom is 0.332 e. The molecule has 0 amide bonds. The molecule has 0 bridgehead atoms. The molecule has 1 aromatic carbocycles. The Morgan fingerprint density at radius 3 is 2.25 bits per heavy atom. The fraction of sp³-hybridized carbons (Fsp3) is 0.353. The zero-order valence-corrected chi connectivity index (χ0v) is 15.0. The molecule has 0 aliphatic rings. The molecule has 1 heterocycles. The number of carbonyl (C=O) groups is 1. The van der Waals surface area contributed by atoms with Crippen LogP contribution in [0.25, 0.3) is 0 Å². The first-order chi connectivity index (χ1) is 11.2. The Balaban J connectivity index is 2.22. The predicted octanol–water partition coefficient (Wildman–Crippen LogP) is 1.76. The van der Waals surface area contributed by atoms with Gasteiger partial charge in [-0.25, -0.2) is 4.79 Å². The standard InChI is InChI=1S/C17H21N3O3S/c1-10(2)11-5-7-12(8-6-11)24-9-13(21)14-15(18)19(3)17(23)20(4)16(14)22/h5-8,10H,9,18H2,1-4H3. The highest BCUT2D eigenvalue weighted by Gasteiger charge is 2.20. The van der Waals surface area contributed by atoms with Crippen molar-refractivity contribution < 1.29 is 4.79 Å². The Bertz CT molecular complexity index is 880. The van der Waals surface area contributed by atoms with Crippen molar-refractivity contribution in [3.8, 4) is 0 Å². The lowest BCUT2D eigenvalue weighted by Gasteiger charge is -2.11. The third-order valence-corrected chi connectivity index (χ3v) is 4.92. The summed E-state index contributed by atoms with van der Waals surface area (Å²) in [5.74, 6) is 0.0446. The Kier molecular flexibility index (Phi) is 5.33. The summed E-state index contributed by atoms with van der Waals surface area (Å²) in [6, 6.07) is 7.96. The van der Waals surface area contributed by atoms with Gasteiger partial charge in [-0.2, -0.15) is 0 Å². The number of nitrogens with zero attached hydrogens (tertiary/aromatic N) is 2. The maximum absolute atomic E-state index is 12.4. The molecular weight excluding hydrogens is 326 g/mol. The Morgan fingerprint density at radius 1 is 1.12 bits per heavy atom. The number of Topliss-reactive ketones (excluding diaryl/α,β-unsaturated/α-hetero) is 1. The van der Waals surface area contributed by atoms with Crippen molar-refractivity contribution in [1.82, 2.24) is 9.13 Å². The van der Waals surface area contributed by atoms with Gasteiger partial charge in [0.1, 0.15) is 11.4 Å². The predicted molar refractivity (Wildman–Crippen MR) is 96.9 cm³/mol. The number of anilines is 1. The number of rotatable bonds is 5. The number of nitrogen functional groups attached to an aromatic ring is 1. The molecule has 1 aromatic heterocycles. The van der Waals surface area contributed by atoms with Crippen LogP contribution in [-0.2, 0) is 14.1 Å². The van der Waals surface area contributed by atoms with Crippen LogP contribution in [0.15, 0.2) is 38.8 Å². The van der Waals surface area contributed by atoms with Crippen LogP contribution < -0.4 is 17.0 Å². The molecule has 2 rings (SSSR count). The molecule has 0 aliphatic carbocycles. The first-order valence-corrected chi connectivity index (χ1v) is 8.54. The minimum Gasteiger partial charge on any atom is -0.384 e. The van der Waals surface area contributed by atoms with Crippen molar-refractivity contribution in [2.24, 2.45) is 14.1 Å². The Morgan fingerprint density at radius 2 is 1.71 bits per heavy atom. The van der Waals surface area contributed by atoms with Crippen molar-refractivity contribution >= 4 is 23.4 Å². The van der Waals surface area contributed by atoms with E-state index < -0.39 is 11.2 Å². The third-order valence-electron chi connectivity index (χ3n) is 3.91. The van der Waals surface area contributed by atoms with Crippen LogP contribution in [0, 0.1) is 0 Å². The fourth-order valence-corrected chi connectivity index (χ4v) is 3.06. The molecular formula is C17H21N3O3S. The summed E-state index contributed by atoms with van der Waals surface area (Å²) in [6.07, 6.45) is 0. The summed E-state index contributed by atoms with van der Waals surface area (Å²) in [5, 5.41) is 0. The maximum atomic E-state index is 12.4. The quantitative estimate of drug-likeness (QED) is 0.658. The molecule has 0 saturated heterocycles. The summed E-state index contributed by atoms with van der Waals surface area (Å²) in [5.41, 5.74) is 5.68. The molecule has 128 valence electrons. The smallest absolute Gasteiger partial charge is 0.332 e. The topological polar surface area (TPSA) is 87.1 Å². The van der Waals surface area contributed by atoms with E-state index in [1.807, 2.05) is 24.3 Å². The molecule has 0 aliphatic heterocycles. The van der Waals surface area contributed by atoms with Crippen LogP contribution in [0.2, 0.25) is 0 Å². The summed E-state index contributed by atoms with van der Waals surface area (Å²) in [4.78, 5) is 37.3. The lowest BCUT2D eigenvalue weighted by atomic mass is 10.0. The van der Waals surface area contributed by atoms with Crippen molar-refractivity contribution in [2.45, 2.75) is 24.7 Å². The van der Waals surface area contributed by atoms with Crippen molar-refractivity contribution in [3.05, 3.63) is 56.2 Å². The molecule has 7 heteroatoms. The largest absolute Gasteiger partial charge is 0.384 e. The summed E-state index contributed by atoms with van der Waals surface area (Å²) >= 11 is 1.34. The normalized spacial score (nSPS) is 11.0. The number of hydrogen-bond acceptors (Lipinski definition) is 5. The van der Waals surface area contributed by atoms with E-state index in [9.17, 15) is 14.4 Å². The van der Waals surface area contributed by atoms with E-state index in [1.165, 1.54) is 31.4 Å². The molecule has 0 saturated carbocycles. The molecule has 0 atom stereocenters. The Labute approximate surface area is 144 Å². The van der Waals surface area contributed by atoms with Gasteiger partial charge in [-0.1, -0.05) is 26.0 Å². The van der Waals surface area contributed by atoms with Gasteiger partial charge in [-0.3, -0.25) is 18.7 Å². The second kappa shape index (κ2) is 7.09. The first-order valence-electron chi connectivity index (χ1n) is 7.55. The van der Waals surface area contributed by atoms with Crippen LogP contribution >= 0.6 is 11.8 Å². The van der Waals surface area contributed by atoms with Gasteiger partial charge in [-0.15, -0.1) is 11.8 Å². The van der Waals surface area contributed by atoms with E-state index in [0.29, 0.717) is 5.92 Å². The van der Waals surface area contributed by atoms with Crippen LogP contribution in [0.4, 0.5) is 5.82 Å². The highest BCUT2D eigenvalue weighted by Crippen LogP contribution is 2.22. The average molecular weight is 347 g/mol. The lowest BCUT2D eigenvalue weighted by Crippen LogP contribution is -2.41. The van der Waals surface area contributed by atoms with Crippen molar-refractivity contribution in [3.63, 3.8) is 0 Å². The molecule has 0 unspecified atom stereocenters. The van der Waals surface area contributed by atoms with E-state index in [1.54, 1.807) is 0 Å². The lowest BCUT2D eigenvalue weighted by molar-refractivity contribution is 0.102. The van der Waals surface area contributed by atoms with E-state index in [4.69, 9.17) is 5.73 Å². The third kappa shape index (κ3) is 3.46. The highest BCUT2D eigenvalue weighted by atomic mass is 32.2. The van der Waals surface area contributed by atoms with Crippen molar-refractivity contribution in [2.75, 3.05) is 11.5 Å². The second-order valence-corrected chi connectivity index (χ2v) is 6.95. The van der Waals surface area contributed by atoms with Gasteiger partial charge in [0.15, 0.2) is 5.78 Å². The highest BCUT2D eigenvalue weighted by molar-refractivity contribution is 8.00. The number of benzene rings is 1. The summed E-state index contributed by atoms with van der Waals surface area (Å²) < 4.78 is 2.00. The summed E-state index contributed by atoms with van der Waals surface area (Å²) in [6.45, 7) is 4.23. The van der Waals surface area contributed by atoms with Gasteiger partial charge in [0.2, 0.25) is 0 Å². The SMILES string of the molecule is CC(C)c1ccc(SCC(=O)c2c(N)n(C)c(=O)n(C)c2=O)cc1. The minimum atomic E-state index is -0.656. The van der Waals surface area contributed by atoms with Gasteiger partial charge in [0.05, 0.1) is 5.75 Å². The number of nitrogens with two attached hydrogens (primary N) is 1. The molecule has 6 nitrogen and oxygen atoms in total. The van der Waals surface area contributed by atoms with E-state index in [2.05, 4.69) is 13.8 Å². The monoisotopic (exact) mass is 347 g/mol. The van der Waals surface area contributed by atoms with Crippen molar-refractivity contribution in [1.29, 1.82) is 0 Å². The molecule has 0 radical (unpaired) electrons. The fourth-order valence-electron chi connectivity index (χ4n) is 2.29. The van der Waals surface area contributed by atoms with Crippen LogP contribution in [0.1, 0.15) is 35.7 Å². The number of aromatic nitrogens is 2. The van der Waals surface area contributed by atoms with Crippen LogP contribution in [0.5, 0.6) is 0 Å². The number of carbonyl (C=O) groups excluding carboxylic acids is 1. The van der Waals surface area contributed by atoms with E-state index in [0.717, 1.165) is 14.0 Å². The number of ketones is 1. The number of hydrogen-bond donors (Lipinski definition) is 1. The zero-order chi connectivity index (χ0) is 18.0. The van der Waals surface area contributed by atoms with E-state index in [-0.39, 0.29) is 22.9 Å². The van der Waals surface area contributed by atoms with Crippen LogP contribution in [0.3, 0.4) is 0 Å². The van der Waals surface area contributed by atoms with Gasteiger partial charge < -0.3 is 5.73 Å². The minimum absolute atomic E-state index is 0.0820. The molecule has 0 fully saturated rings. The van der Waals surface area contributed by atoms with Crippen LogP contribution in [-0.4, -0.2) is 20.7 Å². The molecule has 2 N–H and O–H groups in total. The number of thioether (sulfide) groups is 1. The molecule has 2 aromatic rings. The summed E-state index contributed by atoms with van der Waals surface area (Å²) in [7, 11) is 2.77.